The highest BCUT2D eigenvalue weighted by atomic mass is 32.1. The molecule has 0 atom stereocenters. The van der Waals surface area contributed by atoms with Crippen LogP contribution in [0.4, 0.5) is 5.13 Å². The summed E-state index contributed by atoms with van der Waals surface area (Å²) in [5.74, 6) is -0.755. The second kappa shape index (κ2) is 9.23. The predicted octanol–water partition coefficient (Wildman–Crippen LogP) is 1.59. The summed E-state index contributed by atoms with van der Waals surface area (Å²) in [7, 11) is 0. The van der Waals surface area contributed by atoms with Crippen molar-refractivity contribution in [3.8, 4) is 0 Å². The molecule has 2 heterocycles. The van der Waals surface area contributed by atoms with E-state index < -0.39 is 0 Å². The molecule has 1 fully saturated rings. The Morgan fingerprint density at radius 3 is 2.54 bits per heavy atom. The van der Waals surface area contributed by atoms with Gasteiger partial charge in [-0.05, 0) is 18.6 Å². The van der Waals surface area contributed by atoms with Gasteiger partial charge in [0.15, 0.2) is 5.13 Å². The van der Waals surface area contributed by atoms with Crippen LogP contribution in [0.2, 0.25) is 0 Å². The van der Waals surface area contributed by atoms with E-state index in [1.165, 1.54) is 16.2 Å². The van der Waals surface area contributed by atoms with Crippen molar-refractivity contribution in [3.63, 3.8) is 0 Å². The number of rotatable bonds is 8. The fourth-order valence-electron chi connectivity index (χ4n) is 2.77. The first-order valence-electron chi connectivity index (χ1n) is 8.93. The number of carbonyl (C=O) groups excluding carboxylic acids is 4. The molecule has 1 aromatic carbocycles. The maximum Gasteiger partial charge on any atom is 0.257 e. The maximum absolute atomic E-state index is 12.1. The Morgan fingerprint density at radius 2 is 1.82 bits per heavy atom. The summed E-state index contributed by atoms with van der Waals surface area (Å²) in [6.07, 6.45) is 1.16. The Labute approximate surface area is 165 Å². The van der Waals surface area contributed by atoms with Gasteiger partial charge >= 0.3 is 0 Å². The Balaban J connectivity index is 1.39. The number of nitrogens with one attached hydrogen (secondary N) is 2. The first-order chi connectivity index (χ1) is 13.5. The minimum Gasteiger partial charge on any atom is -0.356 e. The Bertz CT molecular complexity index is 865. The molecule has 8 nitrogen and oxygen atoms in total. The van der Waals surface area contributed by atoms with Gasteiger partial charge < -0.3 is 5.32 Å². The fraction of sp³-hybridized carbons (Fsp3) is 0.316. The highest BCUT2D eigenvalue weighted by molar-refractivity contribution is 7.14. The predicted molar refractivity (Wildman–Crippen MR) is 104 cm³/mol. The molecule has 1 aliphatic rings. The van der Waals surface area contributed by atoms with Crippen molar-refractivity contribution in [2.45, 2.75) is 25.7 Å². The second-order valence-electron chi connectivity index (χ2n) is 6.28. The SMILES string of the molecule is O=C(Cc1csc(NC(=O)c2ccccc2)n1)NCCCN1C(=O)CCC1=O. The van der Waals surface area contributed by atoms with Gasteiger partial charge in [-0.15, -0.1) is 11.3 Å². The second-order valence-corrected chi connectivity index (χ2v) is 7.14. The van der Waals surface area contributed by atoms with Crippen molar-refractivity contribution in [1.82, 2.24) is 15.2 Å². The molecule has 1 aromatic heterocycles. The molecule has 28 heavy (non-hydrogen) atoms. The Morgan fingerprint density at radius 1 is 1.11 bits per heavy atom. The summed E-state index contributed by atoms with van der Waals surface area (Å²) in [5, 5.41) is 7.62. The molecule has 1 aliphatic heterocycles. The number of imide groups is 1. The molecular formula is C19H20N4O4S. The third-order valence-electron chi connectivity index (χ3n) is 4.19. The molecule has 0 unspecified atom stereocenters. The van der Waals surface area contributed by atoms with Gasteiger partial charge in [0.05, 0.1) is 12.1 Å². The van der Waals surface area contributed by atoms with Crippen molar-refractivity contribution in [2.24, 2.45) is 0 Å². The van der Waals surface area contributed by atoms with Crippen LogP contribution in [0.15, 0.2) is 35.7 Å². The van der Waals surface area contributed by atoms with Gasteiger partial charge in [-0.2, -0.15) is 0 Å². The van der Waals surface area contributed by atoms with E-state index in [9.17, 15) is 19.2 Å². The molecule has 0 saturated carbocycles. The van der Waals surface area contributed by atoms with Crippen LogP contribution in [0.5, 0.6) is 0 Å². The standard InChI is InChI=1S/C19H20N4O4S/c24-15(20-9-4-10-23-16(25)7-8-17(23)26)11-14-12-28-19(21-14)22-18(27)13-5-2-1-3-6-13/h1-3,5-6,12H,4,7-11H2,(H,20,24)(H,21,22,27). The number of carbonyl (C=O) groups is 4. The summed E-state index contributed by atoms with van der Waals surface area (Å²) in [6.45, 7) is 0.696. The lowest BCUT2D eigenvalue weighted by Gasteiger charge is -2.13. The number of likely N-dealkylation sites (tertiary alicyclic amines) is 1. The molecule has 0 radical (unpaired) electrons. The van der Waals surface area contributed by atoms with Crippen molar-refractivity contribution in [3.05, 3.63) is 47.0 Å². The van der Waals surface area contributed by atoms with Gasteiger partial charge in [-0.25, -0.2) is 4.98 Å². The average Bonchev–Trinajstić information content (AvgIpc) is 3.26. The van der Waals surface area contributed by atoms with Crippen LogP contribution >= 0.6 is 11.3 Å². The Hall–Kier alpha value is -3.07. The number of anilines is 1. The topological polar surface area (TPSA) is 108 Å². The third kappa shape index (κ3) is 5.23. The highest BCUT2D eigenvalue weighted by Crippen LogP contribution is 2.17. The summed E-state index contributed by atoms with van der Waals surface area (Å²) < 4.78 is 0. The summed E-state index contributed by atoms with van der Waals surface area (Å²) in [5.41, 5.74) is 1.10. The van der Waals surface area contributed by atoms with Gasteiger partial charge in [-0.3, -0.25) is 29.4 Å². The average molecular weight is 400 g/mol. The molecule has 0 aliphatic carbocycles. The molecule has 1 saturated heterocycles. The lowest BCUT2D eigenvalue weighted by Crippen LogP contribution is -2.33. The summed E-state index contributed by atoms with van der Waals surface area (Å²) in [6, 6.07) is 8.81. The summed E-state index contributed by atoms with van der Waals surface area (Å²) >= 11 is 1.26. The van der Waals surface area contributed by atoms with Gasteiger partial charge in [0, 0.05) is 36.9 Å². The minimum absolute atomic E-state index is 0.0965. The van der Waals surface area contributed by atoms with Crippen molar-refractivity contribution in [2.75, 3.05) is 18.4 Å². The fourth-order valence-corrected chi connectivity index (χ4v) is 3.47. The molecule has 146 valence electrons. The van der Waals surface area contributed by atoms with Crippen LogP contribution in [0.3, 0.4) is 0 Å². The Kier molecular flexibility index (Phi) is 6.49. The molecule has 2 aromatic rings. The molecule has 9 heteroatoms. The van der Waals surface area contributed by atoms with Crippen molar-refractivity contribution >= 4 is 40.1 Å². The first-order valence-corrected chi connectivity index (χ1v) is 9.81. The first kappa shape index (κ1) is 19.7. The van der Waals surface area contributed by atoms with E-state index in [0.717, 1.165) is 0 Å². The molecule has 0 bridgehead atoms. The highest BCUT2D eigenvalue weighted by Gasteiger charge is 2.27. The summed E-state index contributed by atoms with van der Waals surface area (Å²) in [4.78, 5) is 52.6. The van der Waals surface area contributed by atoms with Crippen LogP contribution in [0.25, 0.3) is 0 Å². The zero-order chi connectivity index (χ0) is 19.9. The van der Waals surface area contributed by atoms with E-state index in [0.29, 0.717) is 35.9 Å². The molecule has 4 amide bonds. The minimum atomic E-state index is -0.253. The van der Waals surface area contributed by atoms with Crippen LogP contribution in [0, 0.1) is 0 Å². The third-order valence-corrected chi connectivity index (χ3v) is 4.99. The lowest BCUT2D eigenvalue weighted by molar-refractivity contribution is -0.138. The van der Waals surface area contributed by atoms with E-state index in [4.69, 9.17) is 0 Å². The normalized spacial score (nSPS) is 13.6. The van der Waals surface area contributed by atoms with Crippen molar-refractivity contribution < 1.29 is 19.2 Å². The number of benzene rings is 1. The van der Waals surface area contributed by atoms with E-state index >= 15 is 0 Å². The smallest absolute Gasteiger partial charge is 0.257 e. The maximum atomic E-state index is 12.1. The quantitative estimate of drug-likeness (QED) is 0.517. The number of aromatic nitrogens is 1. The van der Waals surface area contributed by atoms with Crippen molar-refractivity contribution in [1.29, 1.82) is 0 Å². The molecule has 0 spiro atoms. The monoisotopic (exact) mass is 400 g/mol. The number of amides is 4. The van der Waals surface area contributed by atoms with E-state index in [1.54, 1.807) is 29.6 Å². The van der Waals surface area contributed by atoms with Gasteiger partial charge in [0.2, 0.25) is 17.7 Å². The number of hydrogen-bond acceptors (Lipinski definition) is 6. The van der Waals surface area contributed by atoms with E-state index in [-0.39, 0.29) is 42.9 Å². The zero-order valence-electron chi connectivity index (χ0n) is 15.1. The lowest BCUT2D eigenvalue weighted by atomic mass is 10.2. The van der Waals surface area contributed by atoms with E-state index in [1.807, 2.05) is 6.07 Å². The molecular weight excluding hydrogens is 380 g/mol. The van der Waals surface area contributed by atoms with Crippen LogP contribution in [-0.2, 0) is 20.8 Å². The molecule has 2 N–H and O–H groups in total. The van der Waals surface area contributed by atoms with Gasteiger partial charge in [0.25, 0.3) is 5.91 Å². The largest absolute Gasteiger partial charge is 0.356 e. The van der Waals surface area contributed by atoms with Crippen LogP contribution in [-0.4, -0.2) is 46.6 Å². The molecule has 3 rings (SSSR count). The van der Waals surface area contributed by atoms with Crippen LogP contribution in [0.1, 0.15) is 35.3 Å². The number of thiazole rings is 1. The zero-order valence-corrected chi connectivity index (χ0v) is 16.0. The number of nitrogens with zero attached hydrogens (tertiary/aromatic N) is 2. The van der Waals surface area contributed by atoms with Gasteiger partial charge in [0.1, 0.15) is 0 Å². The van der Waals surface area contributed by atoms with E-state index in [2.05, 4.69) is 15.6 Å². The van der Waals surface area contributed by atoms with Gasteiger partial charge in [-0.1, -0.05) is 18.2 Å². The van der Waals surface area contributed by atoms with Crippen LogP contribution < -0.4 is 10.6 Å². The number of hydrogen-bond donors (Lipinski definition) is 2.